The lowest BCUT2D eigenvalue weighted by atomic mass is 10.1. The molecule has 2 rings (SSSR count). The number of anilines is 1. The molecule has 2 heterocycles. The second-order valence-corrected chi connectivity index (χ2v) is 4.08. The zero-order chi connectivity index (χ0) is 10.3. The molecule has 0 aliphatic carbocycles. The second kappa shape index (κ2) is 4.16. The van der Waals surface area contributed by atoms with E-state index < -0.39 is 0 Å². The van der Waals surface area contributed by atoms with Crippen molar-refractivity contribution in [3.63, 3.8) is 0 Å². The van der Waals surface area contributed by atoms with Crippen LogP contribution in [0.5, 0.6) is 0 Å². The molecule has 2 aromatic heterocycles. The second-order valence-electron chi connectivity index (χ2n) is 3.18. The highest BCUT2D eigenvalue weighted by molar-refractivity contribution is 7.16. The number of aryl methyl sites for hydroxylation is 1. The van der Waals surface area contributed by atoms with Gasteiger partial charge in [-0.2, -0.15) is 0 Å². The molecule has 0 saturated heterocycles. The fraction of sp³-hybridized carbons (Fsp3) is 0.200. The summed E-state index contributed by atoms with van der Waals surface area (Å²) in [6.45, 7) is 3.32. The largest absolute Gasteiger partial charge is 0.398 e. The monoisotopic (exact) mass is 242 g/mol. The SMILES string of the molecule is CC(=O)c1c(C)nc2sccc2c1N.Cl. The van der Waals surface area contributed by atoms with Gasteiger partial charge in [0, 0.05) is 5.39 Å². The lowest BCUT2D eigenvalue weighted by Crippen LogP contribution is -2.04. The predicted molar refractivity (Wildman–Crippen MR) is 66.0 cm³/mol. The van der Waals surface area contributed by atoms with Crippen molar-refractivity contribution in [1.29, 1.82) is 0 Å². The lowest BCUT2D eigenvalue weighted by molar-refractivity contribution is 0.101. The molecule has 0 aliphatic heterocycles. The summed E-state index contributed by atoms with van der Waals surface area (Å²) in [5.41, 5.74) is 7.73. The van der Waals surface area contributed by atoms with Crippen LogP contribution in [0.25, 0.3) is 10.2 Å². The van der Waals surface area contributed by atoms with Crippen LogP contribution in [0.15, 0.2) is 11.4 Å². The average Bonchev–Trinajstić information content (AvgIpc) is 2.50. The quantitative estimate of drug-likeness (QED) is 0.783. The Labute approximate surface area is 97.7 Å². The summed E-state index contributed by atoms with van der Waals surface area (Å²) in [6.07, 6.45) is 0. The Kier molecular flexibility index (Phi) is 3.31. The number of Topliss-reactive ketones (excluding diaryl/α,β-unsaturated/α-hetero) is 1. The van der Waals surface area contributed by atoms with Crippen LogP contribution in [0.1, 0.15) is 23.0 Å². The highest BCUT2D eigenvalue weighted by atomic mass is 35.5. The van der Waals surface area contributed by atoms with Gasteiger partial charge in [0.25, 0.3) is 0 Å². The molecule has 0 saturated carbocycles. The van der Waals surface area contributed by atoms with Crippen molar-refractivity contribution in [1.82, 2.24) is 4.98 Å². The molecule has 3 nitrogen and oxygen atoms in total. The highest BCUT2D eigenvalue weighted by Crippen LogP contribution is 2.29. The molecule has 2 aromatic rings. The first-order valence-electron chi connectivity index (χ1n) is 4.25. The zero-order valence-corrected chi connectivity index (χ0v) is 10.0. The molecule has 0 radical (unpaired) electrons. The molecular formula is C10H11ClN2OS. The fourth-order valence-electron chi connectivity index (χ4n) is 1.58. The molecular weight excluding hydrogens is 232 g/mol. The van der Waals surface area contributed by atoms with Crippen LogP contribution in [-0.4, -0.2) is 10.8 Å². The van der Waals surface area contributed by atoms with E-state index in [1.807, 2.05) is 18.4 Å². The van der Waals surface area contributed by atoms with Gasteiger partial charge in [0.1, 0.15) is 4.83 Å². The number of nitrogens with zero attached hydrogens (tertiary/aromatic N) is 1. The van der Waals surface area contributed by atoms with Gasteiger partial charge in [-0.05, 0) is 25.3 Å². The van der Waals surface area contributed by atoms with Crippen LogP contribution < -0.4 is 5.73 Å². The summed E-state index contributed by atoms with van der Waals surface area (Å²) in [6, 6.07) is 1.90. The number of carbonyl (C=O) groups is 1. The van der Waals surface area contributed by atoms with Gasteiger partial charge in [-0.1, -0.05) is 0 Å². The first-order chi connectivity index (χ1) is 6.61. The number of rotatable bonds is 1. The van der Waals surface area contributed by atoms with Gasteiger partial charge in [0.15, 0.2) is 5.78 Å². The number of aromatic nitrogens is 1. The van der Waals surface area contributed by atoms with E-state index in [0.29, 0.717) is 16.9 Å². The number of nitrogens with two attached hydrogens (primary N) is 1. The normalized spacial score (nSPS) is 10.0. The van der Waals surface area contributed by atoms with Crippen molar-refractivity contribution in [2.45, 2.75) is 13.8 Å². The van der Waals surface area contributed by atoms with Gasteiger partial charge in [-0.25, -0.2) is 4.98 Å². The third-order valence-corrected chi connectivity index (χ3v) is 2.99. The van der Waals surface area contributed by atoms with Crippen molar-refractivity contribution < 1.29 is 4.79 Å². The third kappa shape index (κ3) is 1.82. The highest BCUT2D eigenvalue weighted by Gasteiger charge is 2.13. The van der Waals surface area contributed by atoms with Crippen molar-refractivity contribution in [2.24, 2.45) is 0 Å². The van der Waals surface area contributed by atoms with Crippen molar-refractivity contribution in [2.75, 3.05) is 5.73 Å². The van der Waals surface area contributed by atoms with Gasteiger partial charge in [0.2, 0.25) is 0 Å². The Morgan fingerprint density at radius 3 is 2.80 bits per heavy atom. The minimum absolute atomic E-state index is 0. The Bertz CT molecular complexity index is 521. The summed E-state index contributed by atoms with van der Waals surface area (Å²) < 4.78 is 0. The maximum absolute atomic E-state index is 11.3. The van der Waals surface area contributed by atoms with Gasteiger partial charge in [0.05, 0.1) is 16.9 Å². The van der Waals surface area contributed by atoms with Crippen molar-refractivity contribution >= 4 is 45.4 Å². The smallest absolute Gasteiger partial charge is 0.163 e. The molecule has 80 valence electrons. The summed E-state index contributed by atoms with van der Waals surface area (Å²) in [4.78, 5) is 16.6. The first kappa shape index (κ1) is 11.9. The van der Waals surface area contributed by atoms with E-state index in [4.69, 9.17) is 5.73 Å². The van der Waals surface area contributed by atoms with Crippen LogP contribution in [0.3, 0.4) is 0 Å². The minimum atomic E-state index is -0.0272. The number of nitrogen functional groups attached to an aromatic ring is 1. The van der Waals surface area contributed by atoms with Gasteiger partial charge >= 0.3 is 0 Å². The van der Waals surface area contributed by atoms with E-state index in [2.05, 4.69) is 4.98 Å². The average molecular weight is 243 g/mol. The number of fused-ring (bicyclic) bond motifs is 1. The number of pyridine rings is 1. The minimum Gasteiger partial charge on any atom is -0.398 e. The topological polar surface area (TPSA) is 56.0 Å². The number of halogens is 1. The van der Waals surface area contributed by atoms with Crippen molar-refractivity contribution in [3.8, 4) is 0 Å². The summed E-state index contributed by atoms with van der Waals surface area (Å²) in [7, 11) is 0. The van der Waals surface area contributed by atoms with Crippen molar-refractivity contribution in [3.05, 3.63) is 22.7 Å². The Balaban J connectivity index is 0.00000112. The van der Waals surface area contributed by atoms with Crippen LogP contribution >= 0.6 is 23.7 Å². The Morgan fingerprint density at radius 1 is 1.53 bits per heavy atom. The van der Waals surface area contributed by atoms with Crippen LogP contribution in [-0.2, 0) is 0 Å². The van der Waals surface area contributed by atoms with E-state index in [1.54, 1.807) is 0 Å². The maximum atomic E-state index is 11.3. The summed E-state index contributed by atoms with van der Waals surface area (Å²) in [5, 5.41) is 2.81. The molecule has 0 aliphatic rings. The van der Waals surface area contributed by atoms with Crippen LogP contribution in [0.4, 0.5) is 5.69 Å². The van der Waals surface area contributed by atoms with Gasteiger partial charge < -0.3 is 5.73 Å². The number of hydrogen-bond donors (Lipinski definition) is 1. The molecule has 0 unspecified atom stereocenters. The summed E-state index contributed by atoms with van der Waals surface area (Å²) >= 11 is 1.53. The van der Waals surface area contributed by atoms with E-state index in [9.17, 15) is 4.79 Å². The molecule has 15 heavy (non-hydrogen) atoms. The van der Waals surface area contributed by atoms with E-state index in [1.165, 1.54) is 18.3 Å². The Morgan fingerprint density at radius 2 is 2.20 bits per heavy atom. The number of hydrogen-bond acceptors (Lipinski definition) is 4. The standard InChI is InChI=1S/C10H10N2OS.ClH/c1-5-8(6(2)13)9(11)7-3-4-14-10(7)12-5;/h3-4H,1-2H3,(H2,11,12);1H. The number of ketones is 1. The van der Waals surface area contributed by atoms with Crippen LogP contribution in [0, 0.1) is 6.92 Å². The molecule has 0 aromatic carbocycles. The van der Waals surface area contributed by atoms with Gasteiger partial charge in [-0.15, -0.1) is 23.7 Å². The number of carbonyl (C=O) groups excluding carboxylic acids is 1. The zero-order valence-electron chi connectivity index (χ0n) is 8.40. The molecule has 5 heteroatoms. The van der Waals surface area contributed by atoms with E-state index in [-0.39, 0.29) is 18.2 Å². The first-order valence-corrected chi connectivity index (χ1v) is 5.13. The molecule has 0 bridgehead atoms. The van der Waals surface area contributed by atoms with E-state index in [0.717, 1.165) is 10.2 Å². The molecule has 0 fully saturated rings. The molecule has 0 amide bonds. The van der Waals surface area contributed by atoms with Crippen LogP contribution in [0.2, 0.25) is 0 Å². The lowest BCUT2D eigenvalue weighted by Gasteiger charge is -2.06. The number of thiophene rings is 1. The fourth-order valence-corrected chi connectivity index (χ4v) is 2.40. The molecule has 0 atom stereocenters. The summed E-state index contributed by atoms with van der Waals surface area (Å²) in [5.74, 6) is -0.0272. The third-order valence-electron chi connectivity index (χ3n) is 2.19. The molecule has 0 spiro atoms. The maximum Gasteiger partial charge on any atom is 0.163 e. The predicted octanol–water partition coefficient (Wildman–Crippen LogP) is 2.81. The Hall–Kier alpha value is -1.13. The van der Waals surface area contributed by atoms with E-state index >= 15 is 0 Å². The molecule has 2 N–H and O–H groups in total. The van der Waals surface area contributed by atoms with Gasteiger partial charge in [-0.3, -0.25) is 4.79 Å².